The largest absolute Gasteiger partial charge is 0.330 e. The van der Waals surface area contributed by atoms with Crippen molar-refractivity contribution in [3.05, 3.63) is 59.4 Å². The summed E-state index contributed by atoms with van der Waals surface area (Å²) in [5, 5.41) is 0. The smallest absolute Gasteiger partial charge is 0.274 e. The van der Waals surface area contributed by atoms with E-state index in [1.165, 1.54) is 18.3 Å². The number of aromatic nitrogens is 2. The highest BCUT2D eigenvalue weighted by atomic mass is 19.1. The van der Waals surface area contributed by atoms with Gasteiger partial charge in [-0.1, -0.05) is 12.1 Å². The number of carbonyl (C=O) groups excluding carboxylic acids is 1. The van der Waals surface area contributed by atoms with E-state index in [1.54, 1.807) is 23.2 Å². The number of carbonyl (C=O) groups is 1. The van der Waals surface area contributed by atoms with Crippen LogP contribution in [0, 0.1) is 12.7 Å². The zero-order valence-electron chi connectivity index (χ0n) is 11.8. The number of aryl methyl sites for hydroxylation is 1. The molecule has 0 N–H and O–H groups in total. The van der Waals surface area contributed by atoms with Crippen molar-refractivity contribution in [2.75, 3.05) is 0 Å². The maximum Gasteiger partial charge on any atom is 0.274 e. The lowest BCUT2D eigenvalue weighted by Gasteiger charge is -2.22. The lowest BCUT2D eigenvalue weighted by Crippen LogP contribution is -2.33. The molecule has 0 unspecified atom stereocenters. The van der Waals surface area contributed by atoms with Gasteiger partial charge in [-0.3, -0.25) is 9.78 Å². The van der Waals surface area contributed by atoms with Crippen LogP contribution in [0.25, 0.3) is 0 Å². The molecule has 1 aliphatic carbocycles. The molecule has 1 aliphatic rings. The van der Waals surface area contributed by atoms with Crippen molar-refractivity contribution in [2.45, 2.75) is 32.4 Å². The second-order valence-electron chi connectivity index (χ2n) is 5.33. The van der Waals surface area contributed by atoms with Crippen LogP contribution in [0.1, 0.15) is 34.6 Å². The second kappa shape index (κ2) is 5.60. The summed E-state index contributed by atoms with van der Waals surface area (Å²) in [5.41, 5.74) is 2.05. The van der Waals surface area contributed by atoms with Crippen LogP contribution in [-0.2, 0) is 6.54 Å². The molecule has 4 nitrogen and oxygen atoms in total. The fourth-order valence-electron chi connectivity index (χ4n) is 2.19. The van der Waals surface area contributed by atoms with Crippen molar-refractivity contribution in [2.24, 2.45) is 0 Å². The summed E-state index contributed by atoms with van der Waals surface area (Å²) in [7, 11) is 0. The molecule has 108 valence electrons. The molecule has 0 aliphatic heterocycles. The highest BCUT2D eigenvalue weighted by molar-refractivity contribution is 5.92. The number of amides is 1. The van der Waals surface area contributed by atoms with Crippen molar-refractivity contribution < 1.29 is 9.18 Å². The lowest BCUT2D eigenvalue weighted by atomic mass is 10.2. The van der Waals surface area contributed by atoms with Gasteiger partial charge in [0.2, 0.25) is 0 Å². The van der Waals surface area contributed by atoms with Gasteiger partial charge in [0.05, 0.1) is 11.9 Å². The molecule has 1 fully saturated rings. The van der Waals surface area contributed by atoms with E-state index in [2.05, 4.69) is 9.97 Å². The third-order valence-corrected chi connectivity index (χ3v) is 3.51. The topological polar surface area (TPSA) is 46.1 Å². The molecule has 0 atom stereocenters. The van der Waals surface area contributed by atoms with Gasteiger partial charge in [-0.15, -0.1) is 0 Å². The van der Waals surface area contributed by atoms with Gasteiger partial charge in [-0.2, -0.15) is 0 Å². The van der Waals surface area contributed by atoms with Gasteiger partial charge in [0.1, 0.15) is 11.5 Å². The maximum atomic E-state index is 13.0. The van der Waals surface area contributed by atoms with Crippen LogP contribution in [0.4, 0.5) is 4.39 Å². The summed E-state index contributed by atoms with van der Waals surface area (Å²) in [6, 6.07) is 6.50. The molecule has 0 radical (unpaired) electrons. The molecule has 1 aromatic carbocycles. The van der Waals surface area contributed by atoms with E-state index >= 15 is 0 Å². The third kappa shape index (κ3) is 3.24. The Morgan fingerprint density at radius 2 is 1.95 bits per heavy atom. The van der Waals surface area contributed by atoms with E-state index in [-0.39, 0.29) is 17.8 Å². The van der Waals surface area contributed by atoms with E-state index in [0.29, 0.717) is 12.2 Å². The maximum absolute atomic E-state index is 13.0. The second-order valence-corrected chi connectivity index (χ2v) is 5.33. The molecule has 5 heteroatoms. The van der Waals surface area contributed by atoms with Gasteiger partial charge in [0, 0.05) is 18.8 Å². The minimum atomic E-state index is -0.271. The van der Waals surface area contributed by atoms with Gasteiger partial charge in [-0.05, 0) is 37.5 Å². The molecular formula is C16H16FN3O. The van der Waals surface area contributed by atoms with Crippen molar-refractivity contribution in [1.29, 1.82) is 0 Å². The van der Waals surface area contributed by atoms with Crippen LogP contribution in [0.2, 0.25) is 0 Å². The van der Waals surface area contributed by atoms with Crippen LogP contribution in [-0.4, -0.2) is 26.8 Å². The average molecular weight is 285 g/mol. The predicted molar refractivity (Wildman–Crippen MR) is 76.1 cm³/mol. The Bertz CT molecular complexity index is 636. The Kier molecular flexibility index (Phi) is 3.64. The zero-order valence-corrected chi connectivity index (χ0v) is 11.8. The molecule has 21 heavy (non-hydrogen) atoms. The van der Waals surface area contributed by atoms with Gasteiger partial charge >= 0.3 is 0 Å². The first-order valence-corrected chi connectivity index (χ1v) is 6.97. The Morgan fingerprint density at radius 3 is 2.52 bits per heavy atom. The van der Waals surface area contributed by atoms with Crippen molar-refractivity contribution in [3.8, 4) is 0 Å². The van der Waals surface area contributed by atoms with E-state index in [4.69, 9.17) is 0 Å². The first kappa shape index (κ1) is 13.7. The highest BCUT2D eigenvalue weighted by Crippen LogP contribution is 2.29. The van der Waals surface area contributed by atoms with E-state index in [9.17, 15) is 9.18 Å². The average Bonchev–Trinajstić information content (AvgIpc) is 3.31. The molecule has 0 bridgehead atoms. The number of halogens is 1. The standard InChI is InChI=1S/C16H16FN3O/c1-11-8-19-15(9-18-11)16(21)20(14-6-7-14)10-12-2-4-13(17)5-3-12/h2-5,8-9,14H,6-7,10H2,1H3. The van der Waals surface area contributed by atoms with Crippen molar-refractivity contribution in [3.63, 3.8) is 0 Å². The Hall–Kier alpha value is -2.30. The van der Waals surface area contributed by atoms with Crippen LogP contribution in [0.15, 0.2) is 36.7 Å². The molecule has 0 spiro atoms. The van der Waals surface area contributed by atoms with Crippen LogP contribution in [0.3, 0.4) is 0 Å². The zero-order chi connectivity index (χ0) is 14.8. The third-order valence-electron chi connectivity index (χ3n) is 3.51. The van der Waals surface area contributed by atoms with Gasteiger partial charge in [0.15, 0.2) is 0 Å². The molecule has 3 rings (SSSR count). The number of hydrogen-bond acceptors (Lipinski definition) is 3. The fraction of sp³-hybridized carbons (Fsp3) is 0.312. The predicted octanol–water partition coefficient (Wildman–Crippen LogP) is 2.73. The monoisotopic (exact) mass is 285 g/mol. The fourth-order valence-corrected chi connectivity index (χ4v) is 2.19. The summed E-state index contributed by atoms with van der Waals surface area (Å²) in [6.07, 6.45) is 5.12. The van der Waals surface area contributed by atoms with E-state index in [0.717, 1.165) is 24.1 Å². The molecule has 2 aromatic rings. The van der Waals surface area contributed by atoms with Crippen LogP contribution < -0.4 is 0 Å². The SMILES string of the molecule is Cc1cnc(C(=O)N(Cc2ccc(F)cc2)C2CC2)cn1. The number of benzene rings is 1. The van der Waals surface area contributed by atoms with Crippen LogP contribution in [0.5, 0.6) is 0 Å². The minimum absolute atomic E-state index is 0.116. The summed E-state index contributed by atoms with van der Waals surface area (Å²) in [4.78, 5) is 22.6. The summed E-state index contributed by atoms with van der Waals surface area (Å²) < 4.78 is 13.0. The van der Waals surface area contributed by atoms with Crippen molar-refractivity contribution in [1.82, 2.24) is 14.9 Å². The normalized spacial score (nSPS) is 14.0. The molecule has 1 aromatic heterocycles. The van der Waals surface area contributed by atoms with Crippen molar-refractivity contribution >= 4 is 5.91 Å². The molecule has 1 heterocycles. The number of nitrogens with zero attached hydrogens (tertiary/aromatic N) is 3. The summed E-state index contributed by atoms with van der Waals surface area (Å²) >= 11 is 0. The molecule has 0 saturated heterocycles. The Labute approximate surface area is 122 Å². The first-order valence-electron chi connectivity index (χ1n) is 6.97. The molecular weight excluding hydrogens is 269 g/mol. The number of rotatable bonds is 4. The first-order chi connectivity index (χ1) is 10.1. The Balaban J connectivity index is 1.79. The lowest BCUT2D eigenvalue weighted by molar-refractivity contribution is 0.0723. The summed E-state index contributed by atoms with van der Waals surface area (Å²) in [5.74, 6) is -0.387. The Morgan fingerprint density at radius 1 is 1.24 bits per heavy atom. The minimum Gasteiger partial charge on any atom is -0.330 e. The van der Waals surface area contributed by atoms with Gasteiger partial charge in [-0.25, -0.2) is 9.37 Å². The number of hydrogen-bond donors (Lipinski definition) is 0. The van der Waals surface area contributed by atoms with E-state index < -0.39 is 0 Å². The highest BCUT2D eigenvalue weighted by Gasteiger charge is 2.33. The van der Waals surface area contributed by atoms with Crippen LogP contribution >= 0.6 is 0 Å². The molecule has 1 saturated carbocycles. The quantitative estimate of drug-likeness (QED) is 0.867. The van der Waals surface area contributed by atoms with E-state index in [1.807, 2.05) is 6.92 Å². The molecule has 1 amide bonds. The summed E-state index contributed by atoms with van der Waals surface area (Å²) in [6.45, 7) is 2.30. The van der Waals surface area contributed by atoms with Gasteiger partial charge in [0.25, 0.3) is 5.91 Å². The van der Waals surface area contributed by atoms with Gasteiger partial charge < -0.3 is 4.90 Å².